The van der Waals surface area contributed by atoms with Gasteiger partial charge in [0.25, 0.3) is 0 Å². The van der Waals surface area contributed by atoms with Gasteiger partial charge in [0, 0.05) is 21.3 Å². The van der Waals surface area contributed by atoms with Gasteiger partial charge in [0.2, 0.25) is 0 Å². The average molecular weight is 204 g/mol. The Kier molecular flexibility index (Phi) is 3.04. The largest absolute Gasteiger partial charge is 0.376 e. The molecule has 5 nitrogen and oxygen atoms in total. The number of methoxy groups -OCH3 is 3. The minimum atomic E-state index is -0.318. The van der Waals surface area contributed by atoms with E-state index in [1.807, 2.05) is 0 Å². The van der Waals surface area contributed by atoms with E-state index >= 15 is 0 Å². The molecule has 0 N–H and O–H groups in total. The van der Waals surface area contributed by atoms with Crippen LogP contribution in [0.15, 0.2) is 0 Å². The van der Waals surface area contributed by atoms with E-state index in [4.69, 9.17) is 23.7 Å². The molecule has 2 heterocycles. The molecule has 82 valence electrons. The summed E-state index contributed by atoms with van der Waals surface area (Å²) in [5.74, 6) is 0. The predicted octanol–water partition coefficient (Wildman–Crippen LogP) is -0.214. The first kappa shape index (κ1) is 10.3. The SMILES string of the molecule is CO[C@H]1[C@@H](OC)[C@H]2OC[C@H](O2)[C@H]1OC. The van der Waals surface area contributed by atoms with Gasteiger partial charge < -0.3 is 23.7 Å². The van der Waals surface area contributed by atoms with Crippen LogP contribution in [-0.2, 0) is 23.7 Å². The fourth-order valence-corrected chi connectivity index (χ4v) is 2.14. The van der Waals surface area contributed by atoms with E-state index in [2.05, 4.69) is 0 Å². The lowest BCUT2D eigenvalue weighted by atomic mass is 10.0. The highest BCUT2D eigenvalue weighted by Crippen LogP contribution is 2.32. The van der Waals surface area contributed by atoms with Crippen molar-refractivity contribution in [2.24, 2.45) is 0 Å². The van der Waals surface area contributed by atoms with Gasteiger partial charge in [-0.2, -0.15) is 0 Å². The summed E-state index contributed by atoms with van der Waals surface area (Å²) >= 11 is 0. The smallest absolute Gasteiger partial charge is 0.187 e. The lowest BCUT2D eigenvalue weighted by Crippen LogP contribution is -2.56. The fraction of sp³-hybridized carbons (Fsp3) is 1.00. The monoisotopic (exact) mass is 204 g/mol. The Bertz CT molecular complexity index is 180. The highest BCUT2D eigenvalue weighted by molar-refractivity contribution is 4.95. The van der Waals surface area contributed by atoms with Crippen LogP contribution in [0.5, 0.6) is 0 Å². The molecule has 0 aromatic rings. The summed E-state index contributed by atoms with van der Waals surface area (Å²) in [6.45, 7) is 0.545. The first-order chi connectivity index (χ1) is 6.81. The predicted molar refractivity (Wildman–Crippen MR) is 47.0 cm³/mol. The molecule has 0 saturated carbocycles. The average Bonchev–Trinajstić information content (AvgIpc) is 2.63. The van der Waals surface area contributed by atoms with E-state index in [0.717, 1.165) is 0 Å². The second-order valence-corrected chi connectivity index (χ2v) is 3.48. The van der Waals surface area contributed by atoms with Gasteiger partial charge in [-0.25, -0.2) is 0 Å². The molecule has 2 fully saturated rings. The van der Waals surface area contributed by atoms with Crippen LogP contribution in [0.3, 0.4) is 0 Å². The Balaban J connectivity index is 2.16. The van der Waals surface area contributed by atoms with Crippen LogP contribution in [0, 0.1) is 0 Å². The van der Waals surface area contributed by atoms with Gasteiger partial charge in [-0.3, -0.25) is 0 Å². The van der Waals surface area contributed by atoms with Crippen molar-refractivity contribution in [3.63, 3.8) is 0 Å². The van der Waals surface area contributed by atoms with Gasteiger partial charge in [0.1, 0.15) is 24.4 Å². The van der Waals surface area contributed by atoms with E-state index in [0.29, 0.717) is 6.61 Å². The van der Waals surface area contributed by atoms with E-state index in [9.17, 15) is 0 Å². The van der Waals surface area contributed by atoms with Gasteiger partial charge in [-0.05, 0) is 0 Å². The molecular formula is C9H16O5. The lowest BCUT2D eigenvalue weighted by Gasteiger charge is -2.38. The van der Waals surface area contributed by atoms with Gasteiger partial charge >= 0.3 is 0 Å². The topological polar surface area (TPSA) is 46.2 Å². The highest BCUT2D eigenvalue weighted by atomic mass is 16.8. The number of ether oxygens (including phenoxy) is 5. The molecule has 0 spiro atoms. The van der Waals surface area contributed by atoms with E-state index < -0.39 is 0 Å². The minimum absolute atomic E-state index is 0.0404. The van der Waals surface area contributed by atoms with E-state index in [1.54, 1.807) is 21.3 Å². The van der Waals surface area contributed by atoms with Crippen molar-refractivity contribution < 1.29 is 23.7 Å². The quantitative estimate of drug-likeness (QED) is 0.636. The van der Waals surface area contributed by atoms with Crippen LogP contribution in [0.2, 0.25) is 0 Å². The van der Waals surface area contributed by atoms with Gasteiger partial charge in [-0.15, -0.1) is 0 Å². The van der Waals surface area contributed by atoms with Gasteiger partial charge in [-0.1, -0.05) is 0 Å². The molecule has 2 aliphatic heterocycles. The maximum atomic E-state index is 5.58. The molecule has 0 aliphatic carbocycles. The van der Waals surface area contributed by atoms with Crippen LogP contribution in [0.1, 0.15) is 0 Å². The summed E-state index contributed by atoms with van der Waals surface area (Å²) in [5, 5.41) is 0. The maximum absolute atomic E-state index is 5.58. The van der Waals surface area contributed by atoms with Gasteiger partial charge in [0.05, 0.1) is 6.61 Å². The minimum Gasteiger partial charge on any atom is -0.376 e. The van der Waals surface area contributed by atoms with Crippen LogP contribution < -0.4 is 0 Å². The van der Waals surface area contributed by atoms with Gasteiger partial charge in [0.15, 0.2) is 6.29 Å². The van der Waals surface area contributed by atoms with Crippen LogP contribution in [0.25, 0.3) is 0 Å². The molecule has 0 aromatic carbocycles. The number of hydrogen-bond donors (Lipinski definition) is 0. The van der Waals surface area contributed by atoms with Crippen molar-refractivity contribution in [2.45, 2.75) is 30.7 Å². The zero-order chi connectivity index (χ0) is 10.1. The van der Waals surface area contributed by atoms with Crippen molar-refractivity contribution >= 4 is 0 Å². The highest BCUT2D eigenvalue weighted by Gasteiger charge is 2.51. The van der Waals surface area contributed by atoms with Crippen molar-refractivity contribution in [3.05, 3.63) is 0 Å². The molecule has 2 rings (SSSR count). The Morgan fingerprint density at radius 3 is 2.14 bits per heavy atom. The normalized spacial score (nSPS) is 46.9. The second kappa shape index (κ2) is 4.12. The Labute approximate surface area is 83.2 Å². The fourth-order valence-electron chi connectivity index (χ4n) is 2.14. The molecule has 2 bridgehead atoms. The first-order valence-corrected chi connectivity index (χ1v) is 4.67. The van der Waals surface area contributed by atoms with Crippen molar-refractivity contribution in [2.75, 3.05) is 27.9 Å². The Morgan fingerprint density at radius 2 is 1.57 bits per heavy atom. The maximum Gasteiger partial charge on any atom is 0.187 e. The molecule has 5 atom stereocenters. The Morgan fingerprint density at radius 1 is 0.929 bits per heavy atom. The molecule has 14 heavy (non-hydrogen) atoms. The molecule has 5 heteroatoms. The Hall–Kier alpha value is -0.200. The zero-order valence-corrected chi connectivity index (χ0v) is 8.64. The summed E-state index contributed by atoms with van der Waals surface area (Å²) < 4.78 is 27.0. The molecule has 2 aliphatic rings. The second-order valence-electron chi connectivity index (χ2n) is 3.48. The summed E-state index contributed by atoms with van der Waals surface area (Å²) in [6, 6.07) is 0. The molecule has 0 radical (unpaired) electrons. The molecule has 0 unspecified atom stereocenters. The standard InChI is InChI=1S/C9H16O5/c1-10-6-5-4-13-9(14-5)8(12-3)7(6)11-2/h5-9H,4H2,1-3H3/t5-,6+,7+,8+,9-/m0/s1. The number of hydrogen-bond acceptors (Lipinski definition) is 5. The molecule has 0 amide bonds. The first-order valence-electron chi connectivity index (χ1n) is 4.67. The summed E-state index contributed by atoms with van der Waals surface area (Å²) in [5.41, 5.74) is 0. The third-order valence-electron chi connectivity index (χ3n) is 2.83. The number of fused-ring (bicyclic) bond motifs is 2. The van der Waals surface area contributed by atoms with Crippen LogP contribution in [0.4, 0.5) is 0 Å². The molecule has 0 aromatic heterocycles. The van der Waals surface area contributed by atoms with Crippen LogP contribution >= 0.6 is 0 Å². The van der Waals surface area contributed by atoms with Crippen molar-refractivity contribution in [1.82, 2.24) is 0 Å². The van der Waals surface area contributed by atoms with E-state index in [1.165, 1.54) is 0 Å². The lowest BCUT2D eigenvalue weighted by molar-refractivity contribution is -0.246. The summed E-state index contributed by atoms with van der Waals surface area (Å²) in [7, 11) is 4.91. The van der Waals surface area contributed by atoms with Crippen LogP contribution in [-0.4, -0.2) is 58.6 Å². The van der Waals surface area contributed by atoms with E-state index in [-0.39, 0.29) is 30.7 Å². The third kappa shape index (κ3) is 1.45. The van der Waals surface area contributed by atoms with Crippen molar-refractivity contribution in [1.29, 1.82) is 0 Å². The van der Waals surface area contributed by atoms with Crippen molar-refractivity contribution in [3.8, 4) is 0 Å². The zero-order valence-electron chi connectivity index (χ0n) is 8.64. The molecule has 2 saturated heterocycles. The summed E-state index contributed by atoms with van der Waals surface area (Å²) in [6.07, 6.45) is -0.827. The number of rotatable bonds is 3. The summed E-state index contributed by atoms with van der Waals surface area (Å²) in [4.78, 5) is 0. The molecular weight excluding hydrogens is 188 g/mol. The third-order valence-corrected chi connectivity index (χ3v) is 2.83.